The molecule has 1 aromatic rings. The molecule has 4 N–H and O–H groups in total. The van der Waals surface area contributed by atoms with Gasteiger partial charge in [-0.25, -0.2) is 0 Å². The molecule has 1 heterocycles. The quantitative estimate of drug-likeness (QED) is 0.661. The van der Waals surface area contributed by atoms with Crippen LogP contribution in [0.2, 0.25) is 5.02 Å². The van der Waals surface area contributed by atoms with Crippen LogP contribution in [0.15, 0.2) is 12.1 Å². The summed E-state index contributed by atoms with van der Waals surface area (Å²) in [6, 6.07) is 3.06. The first-order valence-electron chi connectivity index (χ1n) is 8.19. The highest BCUT2D eigenvalue weighted by Crippen LogP contribution is 2.29. The number of benzene rings is 1. The Morgan fingerprint density at radius 1 is 1.48 bits per heavy atom. The van der Waals surface area contributed by atoms with Crippen molar-refractivity contribution in [2.75, 3.05) is 32.5 Å². The van der Waals surface area contributed by atoms with E-state index in [1.54, 1.807) is 0 Å². The largest absolute Gasteiger partial charge is 0.496 e. The maximum absolute atomic E-state index is 12.6. The Hall–Kier alpha value is -1.99. The van der Waals surface area contributed by atoms with Crippen molar-refractivity contribution in [1.82, 2.24) is 10.2 Å². The van der Waals surface area contributed by atoms with Crippen molar-refractivity contribution in [2.45, 2.75) is 25.8 Å². The minimum atomic E-state index is -0.796. The molecule has 0 aromatic heterocycles. The van der Waals surface area contributed by atoms with Gasteiger partial charge in [0.1, 0.15) is 5.75 Å². The third-order valence-electron chi connectivity index (χ3n) is 4.51. The number of carbonyl (C=O) groups excluding carboxylic acids is 1. The van der Waals surface area contributed by atoms with Crippen molar-refractivity contribution in [3.8, 4) is 5.75 Å². The number of nitrogens with zero attached hydrogens (tertiary/aromatic N) is 1. The van der Waals surface area contributed by atoms with Crippen LogP contribution in [-0.4, -0.2) is 54.7 Å². The van der Waals surface area contributed by atoms with E-state index in [4.69, 9.17) is 27.2 Å². The monoisotopic (exact) mass is 369 g/mol. The van der Waals surface area contributed by atoms with Crippen molar-refractivity contribution >= 4 is 29.2 Å². The molecule has 0 aliphatic carbocycles. The van der Waals surface area contributed by atoms with Gasteiger partial charge < -0.3 is 25.8 Å². The number of anilines is 1. The first-order valence-corrected chi connectivity index (χ1v) is 8.57. The van der Waals surface area contributed by atoms with E-state index in [0.717, 1.165) is 19.5 Å². The summed E-state index contributed by atoms with van der Waals surface area (Å²) >= 11 is 6.02. The molecular formula is C17H24ClN3O4. The van der Waals surface area contributed by atoms with Gasteiger partial charge in [-0.2, -0.15) is 0 Å². The first-order chi connectivity index (χ1) is 11.8. The minimum Gasteiger partial charge on any atom is -0.496 e. The van der Waals surface area contributed by atoms with E-state index in [1.165, 1.54) is 19.2 Å². The van der Waals surface area contributed by atoms with Crippen LogP contribution in [0, 0.1) is 5.92 Å². The van der Waals surface area contributed by atoms with Crippen LogP contribution in [0.1, 0.15) is 30.1 Å². The van der Waals surface area contributed by atoms with Crippen LogP contribution in [-0.2, 0) is 4.79 Å². The molecule has 1 saturated heterocycles. The predicted molar refractivity (Wildman–Crippen MR) is 96.1 cm³/mol. The molecule has 138 valence electrons. The van der Waals surface area contributed by atoms with Crippen LogP contribution in [0.4, 0.5) is 5.69 Å². The smallest absolute Gasteiger partial charge is 0.304 e. The molecule has 2 unspecified atom stereocenters. The zero-order valence-corrected chi connectivity index (χ0v) is 15.2. The van der Waals surface area contributed by atoms with Gasteiger partial charge in [-0.3, -0.25) is 9.59 Å². The van der Waals surface area contributed by atoms with Crippen molar-refractivity contribution in [3.05, 3.63) is 22.7 Å². The number of halogens is 1. The molecule has 0 radical (unpaired) electrons. The Bertz CT molecular complexity index is 653. The van der Waals surface area contributed by atoms with E-state index in [0.29, 0.717) is 28.6 Å². The molecule has 0 bridgehead atoms. The maximum Gasteiger partial charge on any atom is 0.304 e. The predicted octanol–water partition coefficient (Wildman–Crippen LogP) is 1.85. The number of hydrogen-bond acceptors (Lipinski definition) is 5. The summed E-state index contributed by atoms with van der Waals surface area (Å²) in [5, 5.41) is 12.1. The third-order valence-corrected chi connectivity index (χ3v) is 4.84. The highest BCUT2D eigenvalue weighted by molar-refractivity contribution is 6.33. The summed E-state index contributed by atoms with van der Waals surface area (Å²) < 4.78 is 5.23. The fraction of sp³-hybridized carbons (Fsp3) is 0.529. The van der Waals surface area contributed by atoms with Gasteiger partial charge >= 0.3 is 5.97 Å². The zero-order valence-electron chi connectivity index (χ0n) is 14.4. The fourth-order valence-electron chi connectivity index (χ4n) is 3.06. The number of methoxy groups -OCH3 is 1. The Labute approximate surface area is 152 Å². The van der Waals surface area contributed by atoms with E-state index >= 15 is 0 Å². The van der Waals surface area contributed by atoms with Gasteiger partial charge in [-0.05, 0) is 18.4 Å². The van der Waals surface area contributed by atoms with E-state index in [9.17, 15) is 9.59 Å². The average molecular weight is 370 g/mol. The highest BCUT2D eigenvalue weighted by atomic mass is 35.5. The van der Waals surface area contributed by atoms with Gasteiger partial charge in [0.05, 0.1) is 29.8 Å². The Balaban J connectivity index is 2.00. The van der Waals surface area contributed by atoms with Crippen LogP contribution >= 0.6 is 11.6 Å². The van der Waals surface area contributed by atoms with Gasteiger partial charge in [0.2, 0.25) is 0 Å². The number of aliphatic carboxylic acids is 1. The molecule has 25 heavy (non-hydrogen) atoms. The number of piperidine rings is 1. The average Bonchev–Trinajstić information content (AvgIpc) is 2.57. The van der Waals surface area contributed by atoms with Crippen LogP contribution in [0.25, 0.3) is 0 Å². The zero-order chi connectivity index (χ0) is 18.6. The summed E-state index contributed by atoms with van der Waals surface area (Å²) in [6.07, 6.45) is 0.891. The third kappa shape index (κ3) is 4.99. The number of carbonyl (C=O) groups is 2. The van der Waals surface area contributed by atoms with E-state index < -0.39 is 5.97 Å². The number of ether oxygens (including phenoxy) is 1. The van der Waals surface area contributed by atoms with Crippen molar-refractivity contribution in [2.24, 2.45) is 5.92 Å². The molecular weight excluding hydrogens is 346 g/mol. The Morgan fingerprint density at radius 2 is 2.20 bits per heavy atom. The molecule has 1 aliphatic heterocycles. The summed E-state index contributed by atoms with van der Waals surface area (Å²) in [5.41, 5.74) is 6.45. The number of carboxylic acid groups (broad SMARTS) is 1. The number of nitrogens with one attached hydrogen (secondary N) is 1. The van der Waals surface area contributed by atoms with Crippen molar-refractivity contribution in [3.63, 3.8) is 0 Å². The molecule has 8 heteroatoms. The fourth-order valence-corrected chi connectivity index (χ4v) is 3.23. The summed E-state index contributed by atoms with van der Waals surface area (Å²) in [6.45, 7) is 4.08. The lowest BCUT2D eigenvalue weighted by atomic mass is 9.93. The van der Waals surface area contributed by atoms with Crippen molar-refractivity contribution < 1.29 is 19.4 Å². The molecule has 1 aromatic carbocycles. The molecule has 1 amide bonds. The van der Waals surface area contributed by atoms with E-state index in [1.807, 2.05) is 6.92 Å². The lowest BCUT2D eigenvalue weighted by molar-refractivity contribution is -0.137. The minimum absolute atomic E-state index is 0.00890. The number of amides is 1. The number of nitrogen functional groups attached to an aromatic ring is 1. The number of hydrogen-bond donors (Lipinski definition) is 3. The topological polar surface area (TPSA) is 105 Å². The number of rotatable bonds is 6. The lowest BCUT2D eigenvalue weighted by Gasteiger charge is -2.37. The summed E-state index contributed by atoms with van der Waals surface area (Å²) in [7, 11) is 1.48. The maximum atomic E-state index is 12.6. The van der Waals surface area contributed by atoms with E-state index in [2.05, 4.69) is 10.2 Å². The first kappa shape index (κ1) is 19.3. The molecule has 1 fully saturated rings. The number of carboxylic acids is 1. The van der Waals surface area contributed by atoms with Crippen LogP contribution in [0.3, 0.4) is 0 Å². The lowest BCUT2D eigenvalue weighted by Crippen LogP contribution is -2.50. The second-order valence-electron chi connectivity index (χ2n) is 6.36. The molecule has 2 atom stereocenters. The Kier molecular flexibility index (Phi) is 6.50. The van der Waals surface area contributed by atoms with Gasteiger partial charge in [0.25, 0.3) is 5.91 Å². The molecule has 0 spiro atoms. The van der Waals surface area contributed by atoms with Gasteiger partial charge in [-0.1, -0.05) is 18.5 Å². The molecule has 0 saturated carbocycles. The molecule has 2 rings (SSSR count). The normalized spacial score (nSPS) is 20.9. The number of nitrogens with two attached hydrogens (primary N) is 1. The number of likely N-dealkylation sites (tertiary alicyclic amines) is 1. The molecule has 7 nitrogen and oxygen atoms in total. The van der Waals surface area contributed by atoms with Gasteiger partial charge in [0.15, 0.2) is 0 Å². The standard InChI is InChI=1S/C17H24ClN3O4/c1-10-9-21(6-4-16(22)23)5-3-14(10)20-17(24)11-7-12(18)13(19)8-15(11)25-2/h7-8,10,14H,3-6,9,19H2,1-2H3,(H,20,24)(H,22,23). The second kappa shape index (κ2) is 8.40. The van der Waals surface area contributed by atoms with Crippen LogP contribution in [0.5, 0.6) is 5.75 Å². The van der Waals surface area contributed by atoms with Crippen molar-refractivity contribution in [1.29, 1.82) is 0 Å². The van der Waals surface area contributed by atoms with E-state index in [-0.39, 0.29) is 24.3 Å². The Morgan fingerprint density at radius 3 is 2.80 bits per heavy atom. The van der Waals surface area contributed by atoms with Gasteiger partial charge in [0, 0.05) is 31.7 Å². The highest BCUT2D eigenvalue weighted by Gasteiger charge is 2.28. The summed E-state index contributed by atoms with van der Waals surface area (Å²) in [4.78, 5) is 25.4. The van der Waals surface area contributed by atoms with Gasteiger partial charge in [-0.15, -0.1) is 0 Å². The SMILES string of the molecule is COc1cc(N)c(Cl)cc1C(=O)NC1CCN(CCC(=O)O)CC1C. The molecule has 1 aliphatic rings. The van der Waals surface area contributed by atoms with Crippen LogP contribution < -0.4 is 15.8 Å². The second-order valence-corrected chi connectivity index (χ2v) is 6.77. The summed E-state index contributed by atoms with van der Waals surface area (Å²) in [5.74, 6) is -0.460.